The number of alkyl halides is 1. The smallest absolute Gasteiger partial charge is 0.224 e. The molecule has 1 aromatic carbocycles. The van der Waals surface area contributed by atoms with E-state index in [0.717, 1.165) is 19.3 Å². The molecule has 0 aromatic heterocycles. The minimum Gasteiger partial charge on any atom is -0.351 e. The van der Waals surface area contributed by atoms with Crippen LogP contribution in [0.3, 0.4) is 0 Å². The molecule has 0 saturated heterocycles. The summed E-state index contributed by atoms with van der Waals surface area (Å²) in [6.45, 7) is 4.05. The van der Waals surface area contributed by atoms with Crippen molar-refractivity contribution >= 4 is 17.5 Å². The molecule has 1 amide bonds. The van der Waals surface area contributed by atoms with Crippen LogP contribution in [0.2, 0.25) is 0 Å². The van der Waals surface area contributed by atoms with Gasteiger partial charge in [0.15, 0.2) is 0 Å². The number of fused-ring (bicyclic) bond motifs is 1. The van der Waals surface area contributed by atoms with Gasteiger partial charge in [0.05, 0.1) is 0 Å². The van der Waals surface area contributed by atoms with E-state index in [0.29, 0.717) is 5.88 Å². The average Bonchev–Trinajstić information content (AvgIpc) is 2.71. The number of halogens is 1. The van der Waals surface area contributed by atoms with Crippen LogP contribution in [0.1, 0.15) is 31.4 Å². The van der Waals surface area contributed by atoms with E-state index in [-0.39, 0.29) is 17.4 Å². The number of amides is 1. The number of hydrogen-bond donors (Lipinski definition) is 1. The van der Waals surface area contributed by atoms with Crippen LogP contribution in [0.15, 0.2) is 24.3 Å². The fourth-order valence-electron chi connectivity index (χ4n) is 2.48. The van der Waals surface area contributed by atoms with Gasteiger partial charge in [-0.25, -0.2) is 0 Å². The zero-order valence-corrected chi connectivity index (χ0v) is 11.8. The third-order valence-corrected chi connectivity index (χ3v) is 3.79. The molecule has 1 aromatic rings. The van der Waals surface area contributed by atoms with E-state index < -0.39 is 0 Å². The summed E-state index contributed by atoms with van der Waals surface area (Å²) < 4.78 is 0. The predicted octanol–water partition coefficient (Wildman–Crippen LogP) is 2.93. The van der Waals surface area contributed by atoms with E-state index in [1.165, 1.54) is 11.1 Å². The number of nitrogens with one attached hydrogen (secondary N) is 1. The Labute approximate surface area is 114 Å². The van der Waals surface area contributed by atoms with E-state index in [2.05, 4.69) is 17.4 Å². The summed E-state index contributed by atoms with van der Waals surface area (Å²) in [6, 6.07) is 8.31. The van der Waals surface area contributed by atoms with Crippen LogP contribution in [-0.2, 0) is 17.6 Å². The Kier molecular flexibility index (Phi) is 3.96. The van der Waals surface area contributed by atoms with E-state index >= 15 is 0 Å². The number of hydrogen-bond acceptors (Lipinski definition) is 1. The van der Waals surface area contributed by atoms with Crippen LogP contribution in [0.25, 0.3) is 0 Å². The third-order valence-electron chi connectivity index (χ3n) is 3.60. The zero-order chi connectivity index (χ0) is 13.2. The highest BCUT2D eigenvalue weighted by Gasteiger charge is 2.30. The van der Waals surface area contributed by atoms with E-state index in [1.807, 2.05) is 26.0 Å². The molecule has 0 radical (unpaired) electrons. The Morgan fingerprint density at radius 3 is 2.39 bits per heavy atom. The molecule has 1 aliphatic rings. The fraction of sp³-hybridized carbons (Fsp3) is 0.533. The van der Waals surface area contributed by atoms with Crippen LogP contribution < -0.4 is 5.32 Å². The monoisotopic (exact) mass is 265 g/mol. The molecule has 0 aliphatic heterocycles. The summed E-state index contributed by atoms with van der Waals surface area (Å²) in [6.07, 6.45) is 2.51. The summed E-state index contributed by atoms with van der Waals surface area (Å²) in [5.74, 6) is 0.802. The van der Waals surface area contributed by atoms with Gasteiger partial charge < -0.3 is 5.32 Å². The van der Waals surface area contributed by atoms with Crippen molar-refractivity contribution in [1.82, 2.24) is 5.32 Å². The Bertz CT molecular complexity index is 417. The highest BCUT2D eigenvalue weighted by atomic mass is 35.5. The van der Waals surface area contributed by atoms with Crippen LogP contribution in [0.5, 0.6) is 0 Å². The molecule has 0 heterocycles. The van der Waals surface area contributed by atoms with Gasteiger partial charge in [-0.1, -0.05) is 24.3 Å². The van der Waals surface area contributed by atoms with Crippen molar-refractivity contribution < 1.29 is 4.79 Å². The quantitative estimate of drug-likeness (QED) is 0.834. The number of rotatable bonds is 4. The maximum Gasteiger partial charge on any atom is 0.224 e. The molecule has 1 aliphatic carbocycles. The largest absolute Gasteiger partial charge is 0.351 e. The van der Waals surface area contributed by atoms with Gasteiger partial charge in [0.25, 0.3) is 0 Å². The minimum atomic E-state index is -0.215. The van der Waals surface area contributed by atoms with Gasteiger partial charge in [-0.15, -0.1) is 11.6 Å². The van der Waals surface area contributed by atoms with Gasteiger partial charge in [0.2, 0.25) is 5.91 Å². The Balaban J connectivity index is 1.97. The van der Waals surface area contributed by atoms with Crippen molar-refractivity contribution in [2.75, 3.05) is 5.88 Å². The van der Waals surface area contributed by atoms with Gasteiger partial charge in [-0.05, 0) is 44.2 Å². The summed E-state index contributed by atoms with van der Waals surface area (Å²) in [4.78, 5) is 12.3. The number of carbonyl (C=O) groups is 1. The molecule has 0 atom stereocenters. The summed E-state index contributed by atoms with van der Waals surface area (Å²) in [5, 5.41) is 3.11. The highest BCUT2D eigenvalue weighted by molar-refractivity contribution is 6.17. The highest BCUT2D eigenvalue weighted by Crippen LogP contribution is 2.27. The maximum absolute atomic E-state index is 12.3. The first-order valence-electron chi connectivity index (χ1n) is 6.46. The molecule has 0 fully saturated rings. The van der Waals surface area contributed by atoms with Gasteiger partial charge in [-0.3, -0.25) is 4.79 Å². The predicted molar refractivity (Wildman–Crippen MR) is 74.9 cm³/mol. The Hall–Kier alpha value is -1.02. The lowest BCUT2D eigenvalue weighted by molar-refractivity contribution is -0.126. The second-order valence-corrected chi connectivity index (χ2v) is 6.06. The Morgan fingerprint density at radius 1 is 1.33 bits per heavy atom. The molecule has 0 saturated carbocycles. The first-order chi connectivity index (χ1) is 8.52. The molecule has 2 rings (SSSR count). The van der Waals surface area contributed by atoms with Gasteiger partial charge >= 0.3 is 0 Å². The van der Waals surface area contributed by atoms with E-state index in [4.69, 9.17) is 11.6 Å². The summed E-state index contributed by atoms with van der Waals surface area (Å²) >= 11 is 5.75. The molecule has 0 spiro atoms. The molecular formula is C15H20ClNO. The first kappa shape index (κ1) is 13.4. The molecule has 98 valence electrons. The Morgan fingerprint density at radius 2 is 1.89 bits per heavy atom. The third kappa shape index (κ3) is 3.05. The normalized spacial score (nSPS) is 15.5. The summed E-state index contributed by atoms with van der Waals surface area (Å²) in [7, 11) is 0. The molecule has 2 nitrogen and oxygen atoms in total. The summed E-state index contributed by atoms with van der Waals surface area (Å²) in [5.41, 5.74) is 2.41. The van der Waals surface area contributed by atoms with Gasteiger partial charge in [0, 0.05) is 17.3 Å². The average molecular weight is 266 g/mol. The van der Waals surface area contributed by atoms with Gasteiger partial charge in [0.1, 0.15) is 0 Å². The van der Waals surface area contributed by atoms with Crippen LogP contribution in [0, 0.1) is 5.92 Å². The van der Waals surface area contributed by atoms with Crippen molar-refractivity contribution in [2.24, 2.45) is 5.92 Å². The van der Waals surface area contributed by atoms with Crippen molar-refractivity contribution in [3.05, 3.63) is 35.4 Å². The van der Waals surface area contributed by atoms with E-state index in [9.17, 15) is 4.79 Å². The zero-order valence-electron chi connectivity index (χ0n) is 11.0. The standard InChI is InChI=1S/C15H20ClNO/c1-15(2,7-8-16)17-14(18)13-9-11-5-3-4-6-12(11)10-13/h3-6,13H,7-10H2,1-2H3,(H,17,18). The molecule has 3 heteroatoms. The number of benzene rings is 1. The number of carbonyl (C=O) groups excluding carboxylic acids is 1. The topological polar surface area (TPSA) is 29.1 Å². The SMILES string of the molecule is CC(C)(CCCl)NC(=O)C1Cc2ccccc2C1. The van der Waals surface area contributed by atoms with Crippen molar-refractivity contribution in [2.45, 2.75) is 38.6 Å². The molecule has 18 heavy (non-hydrogen) atoms. The van der Waals surface area contributed by atoms with Crippen molar-refractivity contribution in [3.63, 3.8) is 0 Å². The van der Waals surface area contributed by atoms with Gasteiger partial charge in [-0.2, -0.15) is 0 Å². The lowest BCUT2D eigenvalue weighted by Crippen LogP contribution is -2.46. The van der Waals surface area contributed by atoms with Crippen LogP contribution in [-0.4, -0.2) is 17.3 Å². The van der Waals surface area contributed by atoms with E-state index in [1.54, 1.807) is 0 Å². The van der Waals surface area contributed by atoms with Crippen molar-refractivity contribution in [1.29, 1.82) is 0 Å². The fourth-order valence-corrected chi connectivity index (χ4v) is 2.95. The lowest BCUT2D eigenvalue weighted by atomic mass is 9.98. The van der Waals surface area contributed by atoms with Crippen molar-refractivity contribution in [3.8, 4) is 0 Å². The van der Waals surface area contributed by atoms with Crippen LogP contribution >= 0.6 is 11.6 Å². The molecule has 0 unspecified atom stereocenters. The lowest BCUT2D eigenvalue weighted by Gasteiger charge is -2.27. The van der Waals surface area contributed by atoms with Crippen LogP contribution in [0.4, 0.5) is 0 Å². The maximum atomic E-state index is 12.3. The second-order valence-electron chi connectivity index (χ2n) is 5.69. The molecule has 0 bridgehead atoms. The minimum absolute atomic E-state index is 0.0806. The second kappa shape index (κ2) is 5.31. The molecular weight excluding hydrogens is 246 g/mol. The first-order valence-corrected chi connectivity index (χ1v) is 7.00. The molecule has 1 N–H and O–H groups in total.